The van der Waals surface area contributed by atoms with Crippen LogP contribution in [-0.4, -0.2) is 15.8 Å². The van der Waals surface area contributed by atoms with Crippen LogP contribution in [-0.2, 0) is 0 Å². The number of halogens is 4. The molecule has 9 heteroatoms. The van der Waals surface area contributed by atoms with Crippen molar-refractivity contribution in [3.63, 3.8) is 0 Å². The number of nitrogens with two attached hydrogens (primary N) is 2. The van der Waals surface area contributed by atoms with Gasteiger partial charge in [-0.2, -0.15) is 0 Å². The van der Waals surface area contributed by atoms with Crippen LogP contribution in [0.3, 0.4) is 0 Å². The normalized spacial score (nSPS) is 5.49. The van der Waals surface area contributed by atoms with Crippen molar-refractivity contribution in [3.05, 3.63) is 79.2 Å². The summed E-state index contributed by atoms with van der Waals surface area (Å²) in [5, 5.41) is 0. The van der Waals surface area contributed by atoms with Crippen LogP contribution in [0.5, 0.6) is 0 Å². The van der Waals surface area contributed by atoms with E-state index in [-0.39, 0.29) is 11.6 Å². The minimum atomic E-state index is -0.358. The highest BCUT2D eigenvalue weighted by molar-refractivity contribution is 14.1. The average Bonchev–Trinajstić information content (AvgIpc) is 0.875. The van der Waals surface area contributed by atoms with Gasteiger partial charge in [0.1, 0.15) is 11.7 Å². The molecular weight excluding hydrogens is 1660 g/mol. The number of terminal acetylenes is 1. The number of nitrogen functional groups attached to an aromatic ring is 1. The molecule has 0 radical (unpaired) electrons. The number of aromatic nitrogens is 2. The molecule has 0 atom stereocenters. The fraction of sp³-hybridized carbons (Fsp3) is 0.00926. The van der Waals surface area contributed by atoms with Gasteiger partial charge in [0, 0.05) is 432 Å². The fourth-order valence-electron chi connectivity index (χ4n) is 4.45. The lowest BCUT2D eigenvalue weighted by Crippen LogP contribution is -2.12. The van der Waals surface area contributed by atoms with Crippen LogP contribution < -0.4 is 11.5 Å². The zero-order valence-corrected chi connectivity index (χ0v) is 63.6. The van der Waals surface area contributed by atoms with Crippen LogP contribution in [0.15, 0.2) is 59.9 Å². The van der Waals surface area contributed by atoms with Crippen LogP contribution in [0, 0.1) is 552 Å². The van der Waals surface area contributed by atoms with E-state index in [4.69, 9.17) is 17.9 Å². The van der Waals surface area contributed by atoms with Gasteiger partial charge in [0.05, 0.1) is 19.5 Å². The van der Waals surface area contributed by atoms with E-state index in [1.807, 2.05) is 75.5 Å². The summed E-state index contributed by atoms with van der Waals surface area (Å²) in [4.78, 5) is 11.5. The molecule has 3 rings (SSSR count). The second kappa shape index (κ2) is 76.9. The minimum absolute atomic E-state index is 0.329. The zero-order chi connectivity index (χ0) is 84.0. The Kier molecular flexibility index (Phi) is 61.4. The van der Waals surface area contributed by atoms with Crippen LogP contribution in [0.1, 0.15) is 12.5 Å². The monoisotopic (exact) mass is 1670 g/mol. The Hall–Kier alpha value is -21.7. The molecule has 0 aliphatic carbocycles. The smallest absolute Gasteiger partial charge is 0.155 e. The van der Waals surface area contributed by atoms with Crippen molar-refractivity contribution >= 4 is 62.7 Å². The Morgan fingerprint density at radius 2 is 0.444 bits per heavy atom. The number of rotatable bonds is 2. The quantitative estimate of drug-likeness (QED) is 0.163. The van der Waals surface area contributed by atoms with Crippen LogP contribution in [0.4, 0.5) is 20.4 Å². The van der Waals surface area contributed by atoms with E-state index < -0.39 is 0 Å². The minimum Gasteiger partial charge on any atom is -0.384 e. The maximum atomic E-state index is 13.0. The van der Waals surface area contributed by atoms with Gasteiger partial charge in [-0.15, -0.1) is 6.42 Å². The van der Waals surface area contributed by atoms with Gasteiger partial charge >= 0.3 is 0 Å². The average molecular weight is 1680 g/mol. The standard InChI is InChI=1S/C91H4.C12H9FIN3.C5H4FIN2/c1-3-5-7-9-11-13-15-17-19-21-23-25-27-29-31-33-35-37-39-41-43-45-47-49-51-53-55-57-59-61-63-65-67-69-71-73-75-77-79-81-83-85-87-89-91-90-88-86-84-82-80-78-76-74-72-70-68-66-64-62-60-58-56-54-52-50-48-46-44-42-40-38-36-34-32-30-28-26-24-22-20-18-16-14-12-10-8-6-4-2;13-9-7-16-11(6-10(9)14)17-12(15)8-4-2-1-3-5-8;6-3-2-9-5(8)1-4(3)7/h1H,2H3;1-7H,(H2,15,16,17);1-2H,(H2,8,9). The van der Waals surface area contributed by atoms with E-state index in [9.17, 15) is 8.78 Å². The van der Waals surface area contributed by atoms with E-state index in [0.717, 1.165) is 18.0 Å². The summed E-state index contributed by atoms with van der Waals surface area (Å²) in [6.45, 7) is 1.68. The molecule has 4 N–H and O–H groups in total. The summed E-state index contributed by atoms with van der Waals surface area (Å²) in [6.07, 6.45) is 7.20. The highest BCUT2D eigenvalue weighted by atomic mass is 127. The molecule has 502 valence electrons. The van der Waals surface area contributed by atoms with Crippen molar-refractivity contribution in [1.29, 1.82) is 0 Å². The predicted octanol–water partition coefficient (Wildman–Crippen LogP) is 5.06. The first kappa shape index (κ1) is 93.3. The first-order valence-corrected chi connectivity index (χ1v) is 32.1. The lowest BCUT2D eigenvalue weighted by atomic mass is 10.2. The fourth-order valence-corrected chi connectivity index (χ4v) is 5.32. The molecule has 5 nitrogen and oxygen atoms in total. The molecule has 117 heavy (non-hydrogen) atoms. The Bertz CT molecular complexity index is 7870. The Labute approximate surface area is 711 Å². The lowest BCUT2D eigenvalue weighted by molar-refractivity contribution is 0.614. The third-order valence-corrected chi connectivity index (χ3v) is 10.2. The molecule has 0 saturated heterocycles. The van der Waals surface area contributed by atoms with Crippen molar-refractivity contribution in [2.24, 2.45) is 10.7 Å². The Balaban J connectivity index is 0.00000218. The molecule has 3 aromatic rings. The van der Waals surface area contributed by atoms with Gasteiger partial charge in [0.15, 0.2) is 17.5 Å². The number of aliphatic imine (C=N–C) groups is 1. The molecule has 0 saturated carbocycles. The van der Waals surface area contributed by atoms with Crippen LogP contribution in [0.2, 0.25) is 0 Å². The van der Waals surface area contributed by atoms with E-state index in [1.165, 1.54) is 6.07 Å². The second-order valence-corrected chi connectivity index (χ2v) is 18.4. The maximum absolute atomic E-state index is 13.0. The molecule has 0 amide bonds. The van der Waals surface area contributed by atoms with Gasteiger partial charge in [-0.3, -0.25) is 0 Å². The number of amidine groups is 1. The summed E-state index contributed by atoms with van der Waals surface area (Å²) in [5.41, 5.74) is 11.9. The van der Waals surface area contributed by atoms with Gasteiger partial charge in [-0.25, -0.2) is 23.7 Å². The van der Waals surface area contributed by atoms with Gasteiger partial charge in [-0.05, 0) is 159 Å². The SMILES string of the molecule is C#CC#CC#CC#CC#CC#CC#CC#CC#CC#CC#CC#CC#CC#CC#CC#CC#CC#CC#CC#CC#CC#CC#CC#CC#CC#CC#CC#CC#CC#CC#CC#CC#CC#CC#CC#CC#CC#CC#CC#CC#CC#CC#CC#CC#CC.NC(=Nc1cc(I)c(F)cn1)c1ccccc1.Nc1cc(I)c(F)cn1. The van der Waals surface area contributed by atoms with Crippen LogP contribution in [0.25, 0.3) is 0 Å². The molecule has 0 aliphatic rings. The van der Waals surface area contributed by atoms with Crippen molar-refractivity contribution in [3.8, 4) is 533 Å². The topological polar surface area (TPSA) is 90.2 Å². The third-order valence-electron chi connectivity index (χ3n) is 8.50. The van der Waals surface area contributed by atoms with Crippen molar-refractivity contribution in [2.75, 3.05) is 5.73 Å². The maximum Gasteiger partial charge on any atom is 0.155 e. The highest BCUT2D eigenvalue weighted by Gasteiger charge is 2.03. The number of anilines is 1. The van der Waals surface area contributed by atoms with E-state index >= 15 is 0 Å². The van der Waals surface area contributed by atoms with E-state index in [1.54, 1.807) is 13.0 Å². The molecule has 0 aliphatic heterocycles. The lowest BCUT2D eigenvalue weighted by Gasteiger charge is -2.01. The molecule has 0 unspecified atom stereocenters. The highest BCUT2D eigenvalue weighted by Crippen LogP contribution is 2.16. The molecular formula is C108H17F2I2N5. The second-order valence-electron chi connectivity index (χ2n) is 16.1. The van der Waals surface area contributed by atoms with Crippen molar-refractivity contribution in [1.82, 2.24) is 9.97 Å². The first-order valence-electron chi connectivity index (χ1n) is 29.9. The number of nitrogens with zero attached hydrogens (tertiary/aromatic N) is 3. The summed E-state index contributed by atoms with van der Waals surface area (Å²) in [6, 6.07) is 12.4. The first-order chi connectivity index (χ1) is 57.8. The number of hydrogen-bond donors (Lipinski definition) is 2. The van der Waals surface area contributed by atoms with Gasteiger partial charge in [0.2, 0.25) is 0 Å². The predicted molar refractivity (Wildman–Crippen MR) is 472 cm³/mol. The van der Waals surface area contributed by atoms with Gasteiger partial charge in [0.25, 0.3) is 0 Å². The molecule has 2 aromatic heterocycles. The van der Waals surface area contributed by atoms with E-state index in [0.29, 0.717) is 24.6 Å². The number of pyridine rings is 2. The molecule has 2 heterocycles. The zero-order valence-electron chi connectivity index (χ0n) is 59.3. The largest absolute Gasteiger partial charge is 0.384 e. The summed E-state index contributed by atoms with van der Waals surface area (Å²) in [7, 11) is 0. The van der Waals surface area contributed by atoms with Crippen molar-refractivity contribution < 1.29 is 8.78 Å². The number of benzene rings is 1. The number of hydrogen-bond acceptors (Lipinski definition) is 4. The van der Waals surface area contributed by atoms with Gasteiger partial charge in [-0.1, -0.05) is 36.3 Å². The molecule has 0 spiro atoms. The third kappa shape index (κ3) is 68.5. The van der Waals surface area contributed by atoms with Gasteiger partial charge < -0.3 is 11.5 Å². The summed E-state index contributed by atoms with van der Waals surface area (Å²) >= 11 is 3.74. The van der Waals surface area contributed by atoms with E-state index in [2.05, 4.69) is 542 Å². The molecule has 1 aromatic carbocycles. The van der Waals surface area contributed by atoms with Crippen molar-refractivity contribution in [2.45, 2.75) is 6.92 Å². The Morgan fingerprint density at radius 1 is 0.274 bits per heavy atom. The van der Waals surface area contributed by atoms with Crippen LogP contribution >= 0.6 is 45.2 Å². The molecule has 0 bridgehead atoms. The summed E-state index contributed by atoms with van der Waals surface area (Å²) < 4.78 is 26.4. The summed E-state index contributed by atoms with van der Waals surface area (Å²) in [5.74, 6) is 222. The molecule has 0 fully saturated rings. The Morgan fingerprint density at radius 3 is 0.607 bits per heavy atom.